The van der Waals surface area contributed by atoms with E-state index >= 15 is 0 Å². The lowest BCUT2D eigenvalue weighted by Crippen LogP contribution is -2.53. The van der Waals surface area contributed by atoms with Crippen LogP contribution in [0.1, 0.15) is 65.5 Å². The number of ether oxygens (including phenoxy) is 1. The van der Waals surface area contributed by atoms with Crippen molar-refractivity contribution in [1.82, 2.24) is 15.5 Å². The van der Waals surface area contributed by atoms with Gasteiger partial charge in [0, 0.05) is 31.4 Å². The highest BCUT2D eigenvalue weighted by Gasteiger charge is 2.30. The lowest BCUT2D eigenvalue weighted by Gasteiger charge is -2.29. The first kappa shape index (κ1) is 32.1. The number of rotatable bonds is 13. The quantitative estimate of drug-likeness (QED) is 0.349. The van der Waals surface area contributed by atoms with Crippen molar-refractivity contribution < 1.29 is 19.1 Å². The van der Waals surface area contributed by atoms with Crippen molar-refractivity contribution in [1.29, 1.82) is 0 Å². The Morgan fingerprint density at radius 3 is 2.10 bits per heavy atom. The Balaban J connectivity index is 1.66. The Labute approximate surface area is 245 Å². The molecule has 1 heterocycles. The first-order valence-corrected chi connectivity index (χ1v) is 14.9. The molecule has 2 aromatic carbocycles. The summed E-state index contributed by atoms with van der Waals surface area (Å²) >= 11 is 0. The second-order valence-corrected chi connectivity index (χ2v) is 12.2. The smallest absolute Gasteiger partial charge is 0.408 e. The third kappa shape index (κ3) is 10.2. The molecule has 0 bridgehead atoms. The summed E-state index contributed by atoms with van der Waals surface area (Å²) in [6, 6.07) is 16.7. The van der Waals surface area contributed by atoms with Gasteiger partial charge in [0.1, 0.15) is 12.6 Å². The number of carbonyl (C=O) groups excluding carboxylic acids is 3. The molecule has 2 amide bonds. The number of fused-ring (bicyclic) bond motifs is 1. The lowest BCUT2D eigenvalue weighted by atomic mass is 9.98. The molecule has 2 aromatic rings. The molecule has 1 aliphatic rings. The van der Waals surface area contributed by atoms with Crippen LogP contribution in [-0.2, 0) is 27.5 Å². The van der Waals surface area contributed by atoms with Gasteiger partial charge < -0.3 is 20.3 Å². The highest BCUT2D eigenvalue weighted by molar-refractivity contribution is 5.93. The lowest BCUT2D eigenvalue weighted by molar-refractivity contribution is -0.130. The minimum Gasteiger partial charge on any atom is -0.445 e. The number of ketones is 1. The second kappa shape index (κ2) is 15.6. The zero-order chi connectivity index (χ0) is 29.9. The molecule has 0 radical (unpaired) electrons. The van der Waals surface area contributed by atoms with Crippen LogP contribution >= 0.6 is 0 Å². The third-order valence-corrected chi connectivity index (χ3v) is 7.30. The number of amides is 2. The van der Waals surface area contributed by atoms with Crippen LogP contribution in [0.2, 0.25) is 0 Å². The fourth-order valence-corrected chi connectivity index (χ4v) is 5.24. The summed E-state index contributed by atoms with van der Waals surface area (Å²) < 4.78 is 5.37. The fourth-order valence-electron chi connectivity index (χ4n) is 5.24. The van der Waals surface area contributed by atoms with E-state index in [1.54, 1.807) is 0 Å². The average molecular weight is 565 g/mol. The standard InChI is InChI=1S/C33H48N4O4/c1-23(2)18-28(31(38)21-36-16-17-37(25(5)6)30-15-11-10-14-27(30)20-36)34-32(39)29(19-24(3)4)35-33(40)41-22-26-12-8-7-9-13-26/h7-15,23-25,28-29H,16-22H2,1-6H3,(H,34,39)(H,35,40)/t28-,29-/m0/s1. The SMILES string of the molecule is CC(C)C[C@H](NC(=O)[C@H](CC(C)C)NC(=O)OCc1ccccc1)C(=O)CN1CCN(C(C)C)c2ccccc2C1. The Hall–Kier alpha value is -3.39. The van der Waals surface area contributed by atoms with Crippen molar-refractivity contribution >= 4 is 23.5 Å². The Morgan fingerprint density at radius 1 is 0.805 bits per heavy atom. The van der Waals surface area contributed by atoms with Crippen molar-refractivity contribution in [3.63, 3.8) is 0 Å². The predicted octanol–water partition coefficient (Wildman–Crippen LogP) is 5.16. The monoisotopic (exact) mass is 564 g/mol. The van der Waals surface area contributed by atoms with Gasteiger partial charge in [-0.25, -0.2) is 4.79 Å². The van der Waals surface area contributed by atoms with Gasteiger partial charge in [-0.15, -0.1) is 0 Å². The summed E-state index contributed by atoms with van der Waals surface area (Å²) in [5.74, 6) is -0.0163. The van der Waals surface area contributed by atoms with Crippen molar-refractivity contribution in [3.8, 4) is 0 Å². The Kier molecular flexibility index (Phi) is 12.2. The zero-order valence-corrected chi connectivity index (χ0v) is 25.6. The zero-order valence-electron chi connectivity index (χ0n) is 25.6. The molecule has 0 saturated heterocycles. The topological polar surface area (TPSA) is 91.0 Å². The molecule has 3 rings (SSSR count). The third-order valence-electron chi connectivity index (χ3n) is 7.30. The molecule has 224 valence electrons. The van der Waals surface area contributed by atoms with Crippen LogP contribution in [0.5, 0.6) is 0 Å². The van der Waals surface area contributed by atoms with E-state index in [0.717, 1.165) is 18.7 Å². The molecule has 0 fully saturated rings. The summed E-state index contributed by atoms with van der Waals surface area (Å²) in [5, 5.41) is 5.72. The Bertz CT molecular complexity index is 1140. The molecular formula is C33H48N4O4. The molecule has 0 saturated carbocycles. The normalized spacial score (nSPS) is 15.3. The van der Waals surface area contributed by atoms with Gasteiger partial charge in [0.15, 0.2) is 5.78 Å². The van der Waals surface area contributed by atoms with Gasteiger partial charge in [-0.2, -0.15) is 0 Å². The molecule has 1 aliphatic heterocycles. The number of hydrogen-bond donors (Lipinski definition) is 2. The molecule has 8 heteroatoms. The van der Waals surface area contributed by atoms with E-state index < -0.39 is 18.2 Å². The van der Waals surface area contributed by atoms with Gasteiger partial charge >= 0.3 is 6.09 Å². The highest BCUT2D eigenvalue weighted by atomic mass is 16.5. The number of nitrogens with one attached hydrogen (secondary N) is 2. The predicted molar refractivity (Wildman–Crippen MR) is 164 cm³/mol. The first-order valence-electron chi connectivity index (χ1n) is 14.9. The number of benzene rings is 2. The van der Waals surface area contributed by atoms with Gasteiger partial charge in [-0.1, -0.05) is 76.2 Å². The van der Waals surface area contributed by atoms with Crippen LogP contribution in [0.3, 0.4) is 0 Å². The molecule has 41 heavy (non-hydrogen) atoms. The van der Waals surface area contributed by atoms with Gasteiger partial charge in [-0.05, 0) is 55.7 Å². The summed E-state index contributed by atoms with van der Waals surface area (Å²) in [6.45, 7) is 15.1. The number of para-hydroxylation sites is 1. The van der Waals surface area contributed by atoms with Crippen LogP contribution in [-0.4, -0.2) is 60.4 Å². The van der Waals surface area contributed by atoms with E-state index in [9.17, 15) is 14.4 Å². The highest BCUT2D eigenvalue weighted by Crippen LogP contribution is 2.26. The minimum absolute atomic E-state index is 0.0162. The van der Waals surface area contributed by atoms with E-state index in [4.69, 9.17) is 4.74 Å². The van der Waals surface area contributed by atoms with Crippen LogP contribution in [0.4, 0.5) is 10.5 Å². The fraction of sp³-hybridized carbons (Fsp3) is 0.545. The number of anilines is 1. The first-order chi connectivity index (χ1) is 19.5. The molecule has 0 aliphatic carbocycles. The van der Waals surface area contributed by atoms with Crippen LogP contribution in [0.25, 0.3) is 0 Å². The molecule has 2 atom stereocenters. The molecule has 0 spiro atoms. The van der Waals surface area contributed by atoms with E-state index in [1.807, 2.05) is 64.1 Å². The summed E-state index contributed by atoms with van der Waals surface area (Å²) in [7, 11) is 0. The summed E-state index contributed by atoms with van der Waals surface area (Å²) in [4.78, 5) is 44.3. The molecule has 0 aromatic heterocycles. The van der Waals surface area contributed by atoms with Gasteiger partial charge in [0.05, 0.1) is 12.6 Å². The number of nitrogens with zero attached hydrogens (tertiary/aromatic N) is 2. The maximum Gasteiger partial charge on any atom is 0.408 e. The van der Waals surface area contributed by atoms with Crippen molar-refractivity contribution in [2.45, 2.75) is 85.7 Å². The maximum atomic E-state index is 13.7. The van der Waals surface area contributed by atoms with Crippen molar-refractivity contribution in [2.75, 3.05) is 24.5 Å². The molecule has 2 N–H and O–H groups in total. The number of hydrogen-bond acceptors (Lipinski definition) is 6. The van der Waals surface area contributed by atoms with Crippen molar-refractivity contribution in [3.05, 3.63) is 65.7 Å². The van der Waals surface area contributed by atoms with Crippen molar-refractivity contribution in [2.24, 2.45) is 11.8 Å². The minimum atomic E-state index is -0.801. The van der Waals surface area contributed by atoms with E-state index in [0.29, 0.717) is 25.4 Å². The van der Waals surface area contributed by atoms with Crippen LogP contribution in [0, 0.1) is 11.8 Å². The molecule has 0 unspecified atom stereocenters. The summed E-state index contributed by atoms with van der Waals surface area (Å²) in [6.07, 6.45) is 0.308. The number of carbonyl (C=O) groups is 3. The van der Waals surface area contributed by atoms with E-state index in [1.165, 1.54) is 11.3 Å². The second-order valence-electron chi connectivity index (χ2n) is 12.2. The number of Topliss-reactive ketones (excluding diaryl/α,β-unsaturated/α-hetero) is 1. The van der Waals surface area contributed by atoms with E-state index in [-0.39, 0.29) is 36.7 Å². The van der Waals surface area contributed by atoms with Crippen LogP contribution in [0.15, 0.2) is 54.6 Å². The van der Waals surface area contributed by atoms with Gasteiger partial charge in [0.25, 0.3) is 0 Å². The van der Waals surface area contributed by atoms with Gasteiger partial charge in [0.2, 0.25) is 5.91 Å². The average Bonchev–Trinajstić information content (AvgIpc) is 3.10. The molecular weight excluding hydrogens is 516 g/mol. The summed E-state index contributed by atoms with van der Waals surface area (Å²) in [5.41, 5.74) is 3.28. The Morgan fingerprint density at radius 2 is 1.44 bits per heavy atom. The number of alkyl carbamates (subject to hydrolysis) is 1. The molecule has 8 nitrogen and oxygen atoms in total. The maximum absolute atomic E-state index is 13.7. The van der Waals surface area contributed by atoms with E-state index in [2.05, 4.69) is 52.5 Å². The van der Waals surface area contributed by atoms with Gasteiger partial charge in [-0.3, -0.25) is 14.5 Å². The largest absolute Gasteiger partial charge is 0.445 e. The van der Waals surface area contributed by atoms with Crippen LogP contribution < -0.4 is 15.5 Å².